The Labute approximate surface area is 129 Å². The minimum Gasteiger partial charge on any atom is -0.354 e. The second kappa shape index (κ2) is 7.38. The number of alkyl halides is 1. The molecule has 1 amide bonds. The van der Waals surface area contributed by atoms with Crippen LogP contribution in [0.5, 0.6) is 0 Å². The van der Waals surface area contributed by atoms with Gasteiger partial charge in [-0.1, -0.05) is 6.92 Å². The van der Waals surface area contributed by atoms with Crippen molar-refractivity contribution in [2.24, 2.45) is 0 Å². The number of nitrogens with one attached hydrogen (secondary N) is 1. The van der Waals surface area contributed by atoms with Crippen LogP contribution in [0.3, 0.4) is 0 Å². The zero-order chi connectivity index (χ0) is 14.5. The molecule has 1 aromatic rings. The molecule has 6 heteroatoms. The summed E-state index contributed by atoms with van der Waals surface area (Å²) >= 11 is 7.54. The molecule has 0 aromatic carbocycles. The van der Waals surface area contributed by atoms with Gasteiger partial charge in [-0.25, -0.2) is 4.98 Å². The van der Waals surface area contributed by atoms with Gasteiger partial charge in [0.05, 0.1) is 17.6 Å². The first-order chi connectivity index (χ1) is 9.63. The summed E-state index contributed by atoms with van der Waals surface area (Å²) in [5, 5.41) is 6.23. The molecule has 0 aliphatic carbocycles. The van der Waals surface area contributed by atoms with E-state index in [1.165, 1.54) is 5.01 Å². The average Bonchev–Trinajstić information content (AvgIpc) is 2.90. The fraction of sp³-hybridized carbons (Fsp3) is 0.714. The van der Waals surface area contributed by atoms with Crippen molar-refractivity contribution in [3.63, 3.8) is 0 Å². The summed E-state index contributed by atoms with van der Waals surface area (Å²) in [4.78, 5) is 18.2. The monoisotopic (exact) mass is 315 g/mol. The summed E-state index contributed by atoms with van der Waals surface area (Å²) in [6.45, 7) is 5.81. The highest BCUT2D eigenvalue weighted by Gasteiger charge is 2.27. The van der Waals surface area contributed by atoms with Crippen LogP contribution in [0.15, 0.2) is 5.38 Å². The number of carbonyl (C=O) groups is 1. The number of likely N-dealkylation sites (tertiary alicyclic amines) is 1. The Balaban J connectivity index is 1.94. The molecule has 2 rings (SSSR count). The number of hydrogen-bond acceptors (Lipinski definition) is 4. The molecule has 1 atom stereocenters. The molecule has 1 N–H and O–H groups in total. The molecule has 4 nitrogen and oxygen atoms in total. The maximum atomic E-state index is 11.1. The Kier molecular flexibility index (Phi) is 5.81. The van der Waals surface area contributed by atoms with Crippen molar-refractivity contribution in [2.45, 2.75) is 51.1 Å². The van der Waals surface area contributed by atoms with Gasteiger partial charge in [0.1, 0.15) is 5.01 Å². The zero-order valence-electron chi connectivity index (χ0n) is 12.1. The van der Waals surface area contributed by atoms with Crippen molar-refractivity contribution >= 4 is 28.8 Å². The molecule has 1 saturated heterocycles. The van der Waals surface area contributed by atoms with Gasteiger partial charge in [-0.05, 0) is 19.3 Å². The highest BCUT2D eigenvalue weighted by molar-refractivity contribution is 7.09. The van der Waals surface area contributed by atoms with Crippen molar-refractivity contribution < 1.29 is 4.79 Å². The Morgan fingerprint density at radius 1 is 1.60 bits per heavy atom. The summed E-state index contributed by atoms with van der Waals surface area (Å²) in [6.07, 6.45) is 3.09. The molecule has 112 valence electrons. The molecule has 1 aliphatic heterocycles. The first kappa shape index (κ1) is 15.7. The first-order valence-electron chi connectivity index (χ1n) is 7.15. The van der Waals surface area contributed by atoms with Crippen LogP contribution in [0.1, 0.15) is 49.9 Å². The number of aromatic nitrogens is 1. The number of hydrogen-bond donors (Lipinski definition) is 1. The molecular formula is C14H22ClN3OS. The summed E-state index contributed by atoms with van der Waals surface area (Å²) < 4.78 is 0. The maximum Gasteiger partial charge on any atom is 0.217 e. The molecule has 0 saturated carbocycles. The third-order valence-electron chi connectivity index (χ3n) is 3.76. The quantitative estimate of drug-likeness (QED) is 0.850. The van der Waals surface area contributed by atoms with Crippen molar-refractivity contribution in [3.05, 3.63) is 16.1 Å². The average molecular weight is 316 g/mol. The Morgan fingerprint density at radius 2 is 2.30 bits per heavy atom. The SMILES string of the molecule is CCC(c1nc(CCl)cs1)N1CCC(NC(C)=O)CC1. The lowest BCUT2D eigenvalue weighted by atomic mass is 10.0. The second-order valence-corrected chi connectivity index (χ2v) is 6.40. The highest BCUT2D eigenvalue weighted by Crippen LogP contribution is 2.30. The molecule has 20 heavy (non-hydrogen) atoms. The van der Waals surface area contributed by atoms with Crippen LogP contribution < -0.4 is 5.32 Å². The minimum absolute atomic E-state index is 0.0715. The summed E-state index contributed by atoms with van der Waals surface area (Å²) in [6, 6.07) is 0.714. The predicted molar refractivity (Wildman–Crippen MR) is 83.1 cm³/mol. The van der Waals surface area contributed by atoms with Crippen LogP contribution >= 0.6 is 22.9 Å². The van der Waals surface area contributed by atoms with Crippen LogP contribution in [0.4, 0.5) is 0 Å². The zero-order valence-corrected chi connectivity index (χ0v) is 13.6. The molecule has 0 bridgehead atoms. The summed E-state index contributed by atoms with van der Waals surface area (Å²) in [5.41, 5.74) is 0.971. The number of carbonyl (C=O) groups excluding carboxylic acids is 1. The van der Waals surface area contributed by atoms with E-state index in [-0.39, 0.29) is 5.91 Å². The van der Waals surface area contributed by atoms with E-state index in [1.807, 2.05) is 0 Å². The van der Waals surface area contributed by atoms with Crippen LogP contribution in [0.2, 0.25) is 0 Å². The fourth-order valence-electron chi connectivity index (χ4n) is 2.77. The molecule has 1 unspecified atom stereocenters. The smallest absolute Gasteiger partial charge is 0.217 e. The van der Waals surface area contributed by atoms with Gasteiger partial charge in [0.2, 0.25) is 5.91 Å². The van der Waals surface area contributed by atoms with Crippen molar-refractivity contribution in [1.82, 2.24) is 15.2 Å². The fourth-order valence-corrected chi connectivity index (χ4v) is 4.03. The van der Waals surface area contributed by atoms with Gasteiger partial charge in [-0.15, -0.1) is 22.9 Å². The number of thiazole rings is 1. The molecule has 2 heterocycles. The van der Waals surface area contributed by atoms with Crippen molar-refractivity contribution in [2.75, 3.05) is 13.1 Å². The van der Waals surface area contributed by atoms with Gasteiger partial charge in [-0.3, -0.25) is 9.69 Å². The number of piperidine rings is 1. The van der Waals surface area contributed by atoms with E-state index in [2.05, 4.69) is 27.5 Å². The van der Waals surface area contributed by atoms with Gasteiger partial charge in [0.15, 0.2) is 0 Å². The summed E-state index contributed by atoms with van der Waals surface area (Å²) in [5.74, 6) is 0.555. The van der Waals surface area contributed by atoms with Gasteiger partial charge in [-0.2, -0.15) is 0 Å². The van der Waals surface area contributed by atoms with Gasteiger partial charge >= 0.3 is 0 Å². The van der Waals surface area contributed by atoms with E-state index in [4.69, 9.17) is 11.6 Å². The Morgan fingerprint density at radius 3 is 2.80 bits per heavy atom. The summed E-state index contributed by atoms with van der Waals surface area (Å²) in [7, 11) is 0. The first-order valence-corrected chi connectivity index (χ1v) is 8.56. The molecule has 0 radical (unpaired) electrons. The standard InChI is InChI=1S/C14H22ClN3OS/c1-3-13(14-17-12(8-15)9-20-14)18-6-4-11(5-7-18)16-10(2)19/h9,11,13H,3-8H2,1-2H3,(H,16,19). The molecule has 1 aliphatic rings. The van der Waals surface area contributed by atoms with Gasteiger partial charge in [0.25, 0.3) is 0 Å². The van der Waals surface area contributed by atoms with Gasteiger partial charge in [0, 0.05) is 31.4 Å². The highest BCUT2D eigenvalue weighted by atomic mass is 35.5. The van der Waals surface area contributed by atoms with Crippen LogP contribution in [0, 0.1) is 0 Å². The van der Waals surface area contributed by atoms with E-state index in [0.717, 1.165) is 38.0 Å². The van der Waals surface area contributed by atoms with E-state index in [1.54, 1.807) is 18.3 Å². The van der Waals surface area contributed by atoms with E-state index < -0.39 is 0 Å². The lowest BCUT2D eigenvalue weighted by molar-refractivity contribution is -0.120. The lowest BCUT2D eigenvalue weighted by Crippen LogP contribution is -2.45. The van der Waals surface area contributed by atoms with Crippen molar-refractivity contribution in [1.29, 1.82) is 0 Å². The third-order valence-corrected chi connectivity index (χ3v) is 5.02. The number of nitrogens with zero attached hydrogens (tertiary/aromatic N) is 2. The van der Waals surface area contributed by atoms with Crippen LogP contribution in [-0.2, 0) is 10.7 Å². The lowest BCUT2D eigenvalue weighted by Gasteiger charge is -2.36. The number of halogens is 1. The van der Waals surface area contributed by atoms with Crippen LogP contribution in [0.25, 0.3) is 0 Å². The maximum absolute atomic E-state index is 11.1. The predicted octanol–water partition coefficient (Wildman–Crippen LogP) is 2.93. The molecule has 0 spiro atoms. The Hall–Kier alpha value is -0.650. The third kappa shape index (κ3) is 3.93. The molecule has 1 aromatic heterocycles. The minimum atomic E-state index is 0.0715. The van der Waals surface area contributed by atoms with Crippen molar-refractivity contribution in [3.8, 4) is 0 Å². The van der Waals surface area contributed by atoms with Gasteiger partial charge < -0.3 is 5.32 Å². The molecular weight excluding hydrogens is 294 g/mol. The number of rotatable bonds is 5. The second-order valence-electron chi connectivity index (χ2n) is 5.25. The van der Waals surface area contributed by atoms with Crippen LogP contribution in [-0.4, -0.2) is 34.9 Å². The van der Waals surface area contributed by atoms with E-state index in [9.17, 15) is 4.79 Å². The normalized spacial score (nSPS) is 18.9. The Bertz CT molecular complexity index is 443. The largest absolute Gasteiger partial charge is 0.354 e. The topological polar surface area (TPSA) is 45.2 Å². The molecule has 1 fully saturated rings. The van der Waals surface area contributed by atoms with E-state index in [0.29, 0.717) is 18.0 Å². The number of amides is 1. The van der Waals surface area contributed by atoms with E-state index >= 15 is 0 Å².